The van der Waals surface area contributed by atoms with Gasteiger partial charge in [0.25, 0.3) is 0 Å². The Bertz CT molecular complexity index is 628. The van der Waals surface area contributed by atoms with Crippen molar-refractivity contribution in [2.45, 2.75) is 26.7 Å². The van der Waals surface area contributed by atoms with Crippen molar-refractivity contribution in [3.8, 4) is 5.75 Å². The van der Waals surface area contributed by atoms with E-state index in [1.165, 1.54) is 0 Å². The number of carbonyl (C=O) groups is 2. The molecule has 1 unspecified atom stereocenters. The van der Waals surface area contributed by atoms with Crippen LogP contribution in [0.3, 0.4) is 0 Å². The van der Waals surface area contributed by atoms with E-state index in [-0.39, 0.29) is 23.1 Å². The third-order valence-corrected chi connectivity index (χ3v) is 4.93. The number of anilines is 1. The molecule has 0 N–H and O–H groups in total. The molecular weight excluding hydrogens is 292 g/mol. The fourth-order valence-electron chi connectivity index (χ4n) is 3.67. The lowest BCUT2D eigenvalue weighted by molar-refractivity contribution is -0.133. The normalized spacial score (nSPS) is 24.1. The highest BCUT2D eigenvalue weighted by atomic mass is 16.5. The van der Waals surface area contributed by atoms with Gasteiger partial charge in [0.15, 0.2) is 0 Å². The van der Waals surface area contributed by atoms with Gasteiger partial charge in [-0.3, -0.25) is 9.59 Å². The molecule has 0 aromatic heterocycles. The average Bonchev–Trinajstić information content (AvgIpc) is 3.10. The monoisotopic (exact) mass is 316 g/mol. The number of methoxy groups -OCH3 is 1. The molecule has 2 saturated heterocycles. The molecule has 1 spiro atoms. The van der Waals surface area contributed by atoms with E-state index in [4.69, 9.17) is 4.74 Å². The van der Waals surface area contributed by atoms with Crippen molar-refractivity contribution in [3.63, 3.8) is 0 Å². The first-order chi connectivity index (χ1) is 10.9. The second-order valence-electron chi connectivity index (χ2n) is 7.02. The Labute approximate surface area is 137 Å². The van der Waals surface area contributed by atoms with E-state index < -0.39 is 0 Å². The summed E-state index contributed by atoms with van der Waals surface area (Å²) in [6.45, 7) is 5.98. The van der Waals surface area contributed by atoms with Crippen molar-refractivity contribution in [1.82, 2.24) is 4.90 Å². The molecule has 0 aliphatic carbocycles. The molecule has 2 amide bonds. The Morgan fingerprint density at radius 3 is 2.78 bits per heavy atom. The van der Waals surface area contributed by atoms with E-state index in [9.17, 15) is 9.59 Å². The molecule has 124 valence electrons. The molecule has 1 aromatic rings. The van der Waals surface area contributed by atoms with Crippen LogP contribution in [0.5, 0.6) is 5.75 Å². The first kappa shape index (κ1) is 15.8. The van der Waals surface area contributed by atoms with Gasteiger partial charge in [-0.25, -0.2) is 0 Å². The van der Waals surface area contributed by atoms with Crippen LogP contribution in [0.25, 0.3) is 0 Å². The second-order valence-corrected chi connectivity index (χ2v) is 7.02. The Morgan fingerprint density at radius 2 is 2.09 bits per heavy atom. The summed E-state index contributed by atoms with van der Waals surface area (Å²) >= 11 is 0. The molecule has 2 heterocycles. The van der Waals surface area contributed by atoms with E-state index >= 15 is 0 Å². The van der Waals surface area contributed by atoms with E-state index in [1.807, 2.05) is 47.9 Å². The molecule has 5 heteroatoms. The van der Waals surface area contributed by atoms with Crippen LogP contribution in [0.1, 0.15) is 26.7 Å². The van der Waals surface area contributed by atoms with Crippen LogP contribution in [0.15, 0.2) is 24.3 Å². The maximum Gasteiger partial charge on any atom is 0.227 e. The van der Waals surface area contributed by atoms with Crippen molar-refractivity contribution in [3.05, 3.63) is 24.3 Å². The van der Waals surface area contributed by atoms with Gasteiger partial charge in [0.2, 0.25) is 11.8 Å². The average molecular weight is 316 g/mol. The van der Waals surface area contributed by atoms with Crippen LogP contribution in [0.2, 0.25) is 0 Å². The third-order valence-electron chi connectivity index (χ3n) is 4.93. The van der Waals surface area contributed by atoms with Crippen LogP contribution in [-0.4, -0.2) is 43.5 Å². The van der Waals surface area contributed by atoms with E-state index in [0.29, 0.717) is 19.5 Å². The van der Waals surface area contributed by atoms with Gasteiger partial charge in [-0.05, 0) is 18.6 Å². The Morgan fingerprint density at radius 1 is 1.30 bits per heavy atom. The molecule has 1 atom stereocenters. The Kier molecular flexibility index (Phi) is 4.04. The number of rotatable bonds is 3. The summed E-state index contributed by atoms with van der Waals surface area (Å²) in [7, 11) is 1.62. The Balaban J connectivity index is 1.76. The number of ether oxygens (including phenoxy) is 1. The predicted octanol–water partition coefficient (Wildman–Crippen LogP) is 2.31. The van der Waals surface area contributed by atoms with Gasteiger partial charge in [-0.1, -0.05) is 19.9 Å². The molecule has 2 aliphatic rings. The molecule has 2 aliphatic heterocycles. The van der Waals surface area contributed by atoms with Gasteiger partial charge in [0.05, 0.1) is 7.11 Å². The van der Waals surface area contributed by atoms with Gasteiger partial charge in [0.1, 0.15) is 5.75 Å². The summed E-state index contributed by atoms with van der Waals surface area (Å²) < 4.78 is 5.25. The Hall–Kier alpha value is -2.04. The molecule has 3 rings (SSSR count). The second kappa shape index (κ2) is 5.87. The number of likely N-dealkylation sites (tertiary alicyclic amines) is 1. The van der Waals surface area contributed by atoms with Crippen molar-refractivity contribution in [2.75, 3.05) is 31.6 Å². The van der Waals surface area contributed by atoms with E-state index in [0.717, 1.165) is 24.4 Å². The minimum Gasteiger partial charge on any atom is -0.497 e. The zero-order valence-electron chi connectivity index (χ0n) is 14.0. The zero-order valence-corrected chi connectivity index (χ0v) is 14.0. The molecular formula is C18H24N2O3. The van der Waals surface area contributed by atoms with Crippen molar-refractivity contribution >= 4 is 17.5 Å². The lowest BCUT2D eigenvalue weighted by atomic mass is 9.86. The van der Waals surface area contributed by atoms with Gasteiger partial charge in [0, 0.05) is 49.1 Å². The highest BCUT2D eigenvalue weighted by molar-refractivity contribution is 5.96. The lowest BCUT2D eigenvalue weighted by Crippen LogP contribution is -2.36. The molecule has 2 fully saturated rings. The number of nitrogens with zero attached hydrogens (tertiary/aromatic N) is 2. The predicted molar refractivity (Wildman–Crippen MR) is 88.4 cm³/mol. The molecule has 1 aromatic carbocycles. The van der Waals surface area contributed by atoms with Gasteiger partial charge >= 0.3 is 0 Å². The van der Waals surface area contributed by atoms with E-state index in [2.05, 4.69) is 0 Å². The minimum absolute atomic E-state index is 0.0109. The third kappa shape index (κ3) is 2.92. The quantitative estimate of drug-likeness (QED) is 0.860. The number of hydrogen-bond donors (Lipinski definition) is 0. The molecule has 5 nitrogen and oxygen atoms in total. The minimum atomic E-state index is -0.0925. The lowest BCUT2D eigenvalue weighted by Gasteiger charge is -2.25. The highest BCUT2D eigenvalue weighted by Crippen LogP contribution is 2.42. The van der Waals surface area contributed by atoms with Crippen LogP contribution in [0, 0.1) is 11.3 Å². The first-order valence-electron chi connectivity index (χ1n) is 8.17. The van der Waals surface area contributed by atoms with Crippen molar-refractivity contribution < 1.29 is 14.3 Å². The van der Waals surface area contributed by atoms with E-state index in [1.54, 1.807) is 7.11 Å². The summed E-state index contributed by atoms with van der Waals surface area (Å²) in [6, 6.07) is 7.60. The SMILES string of the molecule is COc1cccc(N2CC3(CCN(C(=O)C(C)C)C3)CC2=O)c1. The molecule has 0 radical (unpaired) electrons. The standard InChI is InChI=1S/C18H24N2O3/c1-13(2)17(22)19-8-7-18(11-19)10-16(21)20(12-18)14-5-4-6-15(9-14)23-3/h4-6,9,13H,7-8,10-12H2,1-3H3. The van der Waals surface area contributed by atoms with Crippen molar-refractivity contribution in [2.24, 2.45) is 11.3 Å². The number of hydrogen-bond acceptors (Lipinski definition) is 3. The van der Waals surface area contributed by atoms with Crippen LogP contribution < -0.4 is 9.64 Å². The smallest absolute Gasteiger partial charge is 0.227 e. The fraction of sp³-hybridized carbons (Fsp3) is 0.556. The zero-order chi connectivity index (χ0) is 16.6. The van der Waals surface area contributed by atoms with Crippen LogP contribution in [0.4, 0.5) is 5.69 Å². The summed E-state index contributed by atoms with van der Waals surface area (Å²) in [4.78, 5) is 28.5. The summed E-state index contributed by atoms with van der Waals surface area (Å²) in [6.07, 6.45) is 1.42. The maximum atomic E-state index is 12.5. The first-order valence-corrected chi connectivity index (χ1v) is 8.17. The fourth-order valence-corrected chi connectivity index (χ4v) is 3.67. The van der Waals surface area contributed by atoms with Crippen LogP contribution >= 0.6 is 0 Å². The summed E-state index contributed by atoms with van der Waals surface area (Å²) in [5.41, 5.74) is 0.782. The molecule has 0 saturated carbocycles. The molecule has 23 heavy (non-hydrogen) atoms. The highest BCUT2D eigenvalue weighted by Gasteiger charge is 2.48. The summed E-state index contributed by atoms with van der Waals surface area (Å²) in [5, 5.41) is 0. The van der Waals surface area contributed by atoms with Gasteiger partial charge in [-0.15, -0.1) is 0 Å². The maximum absolute atomic E-state index is 12.5. The largest absolute Gasteiger partial charge is 0.497 e. The summed E-state index contributed by atoms with van der Waals surface area (Å²) in [5.74, 6) is 1.09. The van der Waals surface area contributed by atoms with Crippen LogP contribution in [-0.2, 0) is 9.59 Å². The number of amides is 2. The number of benzene rings is 1. The molecule has 0 bridgehead atoms. The topological polar surface area (TPSA) is 49.9 Å². The number of carbonyl (C=O) groups excluding carboxylic acids is 2. The van der Waals surface area contributed by atoms with Gasteiger partial charge in [-0.2, -0.15) is 0 Å². The van der Waals surface area contributed by atoms with Gasteiger partial charge < -0.3 is 14.5 Å². The van der Waals surface area contributed by atoms with Crippen molar-refractivity contribution in [1.29, 1.82) is 0 Å².